The molecule has 0 bridgehead atoms. The van der Waals surface area contributed by atoms with Gasteiger partial charge in [-0.15, -0.1) is 0 Å². The number of aliphatic hydroxyl groups excluding tert-OH is 4. The fraction of sp³-hybridized carbons (Fsp3) is 1.00. The Bertz CT molecular complexity index is 262. The van der Waals surface area contributed by atoms with Gasteiger partial charge < -0.3 is 29.9 Å². The molecule has 6 heteroatoms. The molecule has 0 aromatic rings. The van der Waals surface area contributed by atoms with E-state index in [0.717, 1.165) is 12.8 Å². The Labute approximate surface area is 172 Å². The SMILES string of the molecule is OCC(O)COCCCCCCCCCCCCCCCCOCC(O)CO. The van der Waals surface area contributed by atoms with Crippen LogP contribution in [0.2, 0.25) is 0 Å². The lowest BCUT2D eigenvalue weighted by Crippen LogP contribution is -2.19. The molecule has 0 amide bonds. The first kappa shape index (κ1) is 27.8. The zero-order chi connectivity index (χ0) is 20.7. The van der Waals surface area contributed by atoms with E-state index in [9.17, 15) is 0 Å². The van der Waals surface area contributed by atoms with Gasteiger partial charge >= 0.3 is 0 Å². The van der Waals surface area contributed by atoms with Crippen molar-refractivity contribution in [2.75, 3.05) is 39.6 Å². The number of ether oxygens (including phenoxy) is 2. The van der Waals surface area contributed by atoms with Crippen LogP contribution in [0.1, 0.15) is 89.9 Å². The standard InChI is InChI=1S/C22H46O6/c23-17-21(25)19-27-15-13-11-9-7-5-3-1-2-4-6-8-10-12-14-16-28-20-22(26)18-24/h21-26H,1-20H2. The molecule has 28 heavy (non-hydrogen) atoms. The van der Waals surface area contributed by atoms with Crippen molar-refractivity contribution in [3.63, 3.8) is 0 Å². The van der Waals surface area contributed by atoms with E-state index >= 15 is 0 Å². The van der Waals surface area contributed by atoms with E-state index in [-0.39, 0.29) is 26.4 Å². The van der Waals surface area contributed by atoms with Gasteiger partial charge in [0.05, 0.1) is 26.4 Å². The number of hydrogen-bond acceptors (Lipinski definition) is 6. The minimum Gasteiger partial charge on any atom is -0.394 e. The van der Waals surface area contributed by atoms with Crippen LogP contribution in [0.4, 0.5) is 0 Å². The van der Waals surface area contributed by atoms with Crippen LogP contribution < -0.4 is 0 Å². The van der Waals surface area contributed by atoms with Gasteiger partial charge in [-0.3, -0.25) is 0 Å². The Morgan fingerprint density at radius 3 is 0.929 bits per heavy atom. The van der Waals surface area contributed by atoms with Crippen LogP contribution in [0.3, 0.4) is 0 Å². The van der Waals surface area contributed by atoms with Crippen molar-refractivity contribution in [3.05, 3.63) is 0 Å². The molecule has 0 radical (unpaired) electrons. The van der Waals surface area contributed by atoms with Gasteiger partial charge in [-0.05, 0) is 12.8 Å². The molecule has 0 saturated carbocycles. The minimum atomic E-state index is -0.738. The van der Waals surface area contributed by atoms with Gasteiger partial charge in [0, 0.05) is 13.2 Å². The Balaban J connectivity index is 3.03. The van der Waals surface area contributed by atoms with E-state index in [4.69, 9.17) is 29.9 Å². The maximum absolute atomic E-state index is 9.13. The van der Waals surface area contributed by atoms with Gasteiger partial charge in [-0.25, -0.2) is 0 Å². The average molecular weight is 407 g/mol. The lowest BCUT2D eigenvalue weighted by molar-refractivity contribution is 0.00525. The molecule has 0 spiro atoms. The molecular weight excluding hydrogens is 360 g/mol. The van der Waals surface area contributed by atoms with Crippen LogP contribution in [0.15, 0.2) is 0 Å². The predicted octanol–water partition coefficient (Wildman–Crippen LogP) is 3.19. The van der Waals surface area contributed by atoms with E-state index in [2.05, 4.69) is 0 Å². The quantitative estimate of drug-likeness (QED) is 0.195. The third-order valence-corrected chi connectivity index (χ3v) is 4.87. The number of rotatable bonds is 23. The minimum absolute atomic E-state index is 0.228. The molecule has 0 aliphatic rings. The second-order valence-corrected chi connectivity index (χ2v) is 7.77. The van der Waals surface area contributed by atoms with Crippen LogP contribution in [-0.4, -0.2) is 72.3 Å². The summed E-state index contributed by atoms with van der Waals surface area (Å²) in [7, 11) is 0. The lowest BCUT2D eigenvalue weighted by Gasteiger charge is -2.08. The molecule has 0 saturated heterocycles. The predicted molar refractivity (Wildman–Crippen MR) is 112 cm³/mol. The van der Waals surface area contributed by atoms with Gasteiger partial charge in [0.2, 0.25) is 0 Å². The zero-order valence-corrected chi connectivity index (χ0v) is 17.9. The molecule has 0 rings (SSSR count). The molecule has 2 unspecified atom stereocenters. The van der Waals surface area contributed by atoms with Gasteiger partial charge in [0.1, 0.15) is 12.2 Å². The summed E-state index contributed by atoms with van der Waals surface area (Å²) in [5, 5.41) is 35.6. The van der Waals surface area contributed by atoms with Crippen molar-refractivity contribution in [1.82, 2.24) is 0 Å². The van der Waals surface area contributed by atoms with Crippen molar-refractivity contribution in [2.24, 2.45) is 0 Å². The molecule has 0 heterocycles. The first-order valence-corrected chi connectivity index (χ1v) is 11.4. The molecule has 6 nitrogen and oxygen atoms in total. The van der Waals surface area contributed by atoms with E-state index in [1.807, 2.05) is 0 Å². The smallest absolute Gasteiger partial charge is 0.100 e. The van der Waals surface area contributed by atoms with Crippen LogP contribution in [-0.2, 0) is 9.47 Å². The van der Waals surface area contributed by atoms with E-state index in [1.54, 1.807) is 0 Å². The summed E-state index contributed by atoms with van der Waals surface area (Å²) in [5.41, 5.74) is 0. The highest BCUT2D eigenvalue weighted by molar-refractivity contribution is 4.52. The van der Waals surface area contributed by atoms with Crippen molar-refractivity contribution in [3.8, 4) is 0 Å². The first-order chi connectivity index (χ1) is 13.7. The van der Waals surface area contributed by atoms with Crippen molar-refractivity contribution < 1.29 is 29.9 Å². The summed E-state index contributed by atoms with van der Waals surface area (Å²) in [6.45, 7) is 1.37. The number of unbranched alkanes of at least 4 members (excludes halogenated alkanes) is 13. The Hall–Kier alpha value is -0.240. The third kappa shape index (κ3) is 22.1. The fourth-order valence-corrected chi connectivity index (χ4v) is 3.07. The van der Waals surface area contributed by atoms with Crippen molar-refractivity contribution in [1.29, 1.82) is 0 Å². The van der Waals surface area contributed by atoms with Crippen LogP contribution >= 0.6 is 0 Å². The van der Waals surface area contributed by atoms with Gasteiger partial charge in [-0.2, -0.15) is 0 Å². The second-order valence-electron chi connectivity index (χ2n) is 7.77. The van der Waals surface area contributed by atoms with Crippen LogP contribution in [0.25, 0.3) is 0 Å². The topological polar surface area (TPSA) is 99.4 Å². The molecule has 4 N–H and O–H groups in total. The molecule has 170 valence electrons. The largest absolute Gasteiger partial charge is 0.394 e. The van der Waals surface area contributed by atoms with Gasteiger partial charge in [0.25, 0.3) is 0 Å². The highest BCUT2D eigenvalue weighted by atomic mass is 16.5. The Morgan fingerprint density at radius 1 is 0.429 bits per heavy atom. The summed E-state index contributed by atoms with van der Waals surface area (Å²) >= 11 is 0. The Kier molecular flexibility index (Phi) is 22.8. The van der Waals surface area contributed by atoms with E-state index < -0.39 is 12.2 Å². The molecule has 0 aromatic carbocycles. The summed E-state index contributed by atoms with van der Waals surface area (Å²) in [6.07, 6.45) is 16.1. The lowest BCUT2D eigenvalue weighted by atomic mass is 10.0. The monoisotopic (exact) mass is 406 g/mol. The maximum Gasteiger partial charge on any atom is 0.100 e. The fourth-order valence-electron chi connectivity index (χ4n) is 3.07. The van der Waals surface area contributed by atoms with Crippen molar-refractivity contribution >= 4 is 0 Å². The summed E-state index contributed by atoms with van der Waals surface area (Å²) in [6, 6.07) is 0. The van der Waals surface area contributed by atoms with E-state index in [0.29, 0.717) is 13.2 Å². The summed E-state index contributed by atoms with van der Waals surface area (Å²) in [4.78, 5) is 0. The molecule has 0 aromatic heterocycles. The van der Waals surface area contributed by atoms with Gasteiger partial charge in [-0.1, -0.05) is 77.0 Å². The summed E-state index contributed by atoms with van der Waals surface area (Å²) < 4.78 is 10.6. The number of aliphatic hydroxyl groups is 4. The van der Waals surface area contributed by atoms with E-state index in [1.165, 1.54) is 77.0 Å². The average Bonchev–Trinajstić information content (AvgIpc) is 2.71. The molecule has 0 fully saturated rings. The van der Waals surface area contributed by atoms with Gasteiger partial charge in [0.15, 0.2) is 0 Å². The van der Waals surface area contributed by atoms with Crippen molar-refractivity contribution in [2.45, 2.75) is 102 Å². The first-order valence-electron chi connectivity index (χ1n) is 11.4. The Morgan fingerprint density at radius 2 is 0.679 bits per heavy atom. The number of hydrogen-bond donors (Lipinski definition) is 4. The van der Waals surface area contributed by atoms with Crippen LogP contribution in [0, 0.1) is 0 Å². The summed E-state index contributed by atoms with van der Waals surface area (Å²) in [5.74, 6) is 0. The molecular formula is C22H46O6. The normalized spacial score (nSPS) is 13.7. The molecule has 0 aliphatic heterocycles. The molecule has 2 atom stereocenters. The highest BCUT2D eigenvalue weighted by Gasteiger charge is 2.01. The van der Waals surface area contributed by atoms with Crippen LogP contribution in [0.5, 0.6) is 0 Å². The highest BCUT2D eigenvalue weighted by Crippen LogP contribution is 2.13. The third-order valence-electron chi connectivity index (χ3n) is 4.87. The second kappa shape index (κ2) is 23.0. The zero-order valence-electron chi connectivity index (χ0n) is 17.9. The molecule has 0 aliphatic carbocycles. The maximum atomic E-state index is 9.13.